The van der Waals surface area contributed by atoms with Crippen molar-refractivity contribution in [1.29, 1.82) is 0 Å². The molecule has 2 N–H and O–H groups in total. The maximum absolute atomic E-state index is 6.38. The van der Waals surface area contributed by atoms with Gasteiger partial charge in [-0.2, -0.15) is 0 Å². The van der Waals surface area contributed by atoms with Crippen LogP contribution in [-0.4, -0.2) is 6.61 Å². The molecular formula is C17H26BrNO. The summed E-state index contributed by atoms with van der Waals surface area (Å²) in [5.74, 6) is 1.73. The molecule has 0 heterocycles. The fraction of sp³-hybridized carbons (Fsp3) is 0.647. The van der Waals surface area contributed by atoms with Crippen molar-refractivity contribution in [3.05, 3.63) is 28.2 Å². The lowest BCUT2D eigenvalue weighted by Gasteiger charge is -2.25. The molecule has 2 nitrogen and oxygen atoms in total. The average molecular weight is 340 g/mol. The fourth-order valence-electron chi connectivity index (χ4n) is 2.99. The molecule has 1 aromatic carbocycles. The van der Waals surface area contributed by atoms with E-state index >= 15 is 0 Å². The fourth-order valence-corrected chi connectivity index (χ4v) is 3.51. The zero-order chi connectivity index (χ0) is 14.4. The van der Waals surface area contributed by atoms with Crippen LogP contribution in [0, 0.1) is 5.92 Å². The van der Waals surface area contributed by atoms with Crippen LogP contribution in [0.1, 0.15) is 63.5 Å². The molecule has 2 rings (SSSR count). The summed E-state index contributed by atoms with van der Waals surface area (Å²) < 4.78 is 6.70. The first-order chi connectivity index (χ1) is 9.70. The van der Waals surface area contributed by atoms with Crippen molar-refractivity contribution in [3.63, 3.8) is 0 Å². The third-order valence-corrected chi connectivity index (χ3v) is 4.78. The van der Waals surface area contributed by atoms with Crippen molar-refractivity contribution in [3.8, 4) is 5.75 Å². The first-order valence-electron chi connectivity index (χ1n) is 7.88. The van der Waals surface area contributed by atoms with Crippen molar-refractivity contribution in [1.82, 2.24) is 0 Å². The van der Waals surface area contributed by atoms with Crippen LogP contribution in [0.15, 0.2) is 22.7 Å². The second kappa shape index (κ2) is 8.04. The number of benzene rings is 1. The monoisotopic (exact) mass is 339 g/mol. The summed E-state index contributed by atoms with van der Waals surface area (Å²) >= 11 is 3.59. The lowest BCUT2D eigenvalue weighted by atomic mass is 9.83. The Morgan fingerprint density at radius 2 is 2.05 bits per heavy atom. The summed E-state index contributed by atoms with van der Waals surface area (Å²) in [5.41, 5.74) is 7.60. The van der Waals surface area contributed by atoms with Gasteiger partial charge < -0.3 is 10.5 Å². The van der Waals surface area contributed by atoms with Gasteiger partial charge in [-0.3, -0.25) is 0 Å². The molecule has 0 aromatic heterocycles. The van der Waals surface area contributed by atoms with Crippen molar-refractivity contribution < 1.29 is 4.74 Å². The molecule has 112 valence electrons. The Morgan fingerprint density at radius 3 is 2.70 bits per heavy atom. The van der Waals surface area contributed by atoms with Gasteiger partial charge in [-0.05, 0) is 52.4 Å². The van der Waals surface area contributed by atoms with Crippen LogP contribution in [0.5, 0.6) is 5.75 Å². The molecule has 0 amide bonds. The highest BCUT2D eigenvalue weighted by atomic mass is 79.9. The Kier molecular flexibility index (Phi) is 6.37. The number of rotatable bonds is 6. The minimum Gasteiger partial charge on any atom is -0.492 e. The normalized spacial score (nSPS) is 17.9. The Bertz CT molecular complexity index is 415. The standard InChI is InChI=1S/C17H26BrNO/c1-2-10-20-17-9-8-14(12-15(17)18)16(19)11-13-6-4-3-5-7-13/h8-9,12-13,16H,2-7,10-11,19H2,1H3. The number of ether oxygens (including phenoxy) is 1. The number of nitrogens with two attached hydrogens (primary N) is 1. The highest BCUT2D eigenvalue weighted by Gasteiger charge is 2.18. The van der Waals surface area contributed by atoms with Gasteiger partial charge >= 0.3 is 0 Å². The van der Waals surface area contributed by atoms with Gasteiger partial charge in [-0.1, -0.05) is 45.1 Å². The van der Waals surface area contributed by atoms with Crippen LogP contribution in [-0.2, 0) is 0 Å². The van der Waals surface area contributed by atoms with E-state index in [9.17, 15) is 0 Å². The molecule has 1 aliphatic carbocycles. The van der Waals surface area contributed by atoms with E-state index in [2.05, 4.69) is 35.0 Å². The molecule has 0 bridgehead atoms. The molecular weight excluding hydrogens is 314 g/mol. The van der Waals surface area contributed by atoms with Crippen LogP contribution >= 0.6 is 15.9 Å². The van der Waals surface area contributed by atoms with Crippen molar-refractivity contribution in [2.75, 3.05) is 6.61 Å². The predicted molar refractivity (Wildman–Crippen MR) is 88.0 cm³/mol. The van der Waals surface area contributed by atoms with Crippen molar-refractivity contribution >= 4 is 15.9 Å². The summed E-state index contributed by atoms with van der Waals surface area (Å²) in [7, 11) is 0. The Hall–Kier alpha value is -0.540. The smallest absolute Gasteiger partial charge is 0.133 e. The molecule has 0 aliphatic heterocycles. The average Bonchev–Trinajstić information content (AvgIpc) is 2.47. The Morgan fingerprint density at radius 1 is 1.30 bits per heavy atom. The molecule has 0 spiro atoms. The second-order valence-electron chi connectivity index (χ2n) is 5.88. The number of hydrogen-bond acceptors (Lipinski definition) is 2. The second-order valence-corrected chi connectivity index (χ2v) is 6.74. The van der Waals surface area contributed by atoms with Gasteiger partial charge in [-0.15, -0.1) is 0 Å². The van der Waals surface area contributed by atoms with E-state index < -0.39 is 0 Å². The molecule has 1 atom stereocenters. The van der Waals surface area contributed by atoms with Gasteiger partial charge in [0.2, 0.25) is 0 Å². The molecule has 1 fully saturated rings. The van der Waals surface area contributed by atoms with E-state index in [1.165, 1.54) is 37.7 Å². The minimum atomic E-state index is 0.148. The van der Waals surface area contributed by atoms with E-state index in [0.717, 1.165) is 35.6 Å². The molecule has 0 radical (unpaired) electrons. The molecule has 1 unspecified atom stereocenters. The molecule has 0 saturated heterocycles. The highest BCUT2D eigenvalue weighted by Crippen LogP contribution is 2.33. The lowest BCUT2D eigenvalue weighted by molar-refractivity contribution is 0.313. The molecule has 20 heavy (non-hydrogen) atoms. The zero-order valence-electron chi connectivity index (χ0n) is 12.4. The predicted octanol–water partition coefficient (Wildman–Crippen LogP) is 5.21. The zero-order valence-corrected chi connectivity index (χ0v) is 14.0. The Balaban J connectivity index is 1.95. The lowest BCUT2D eigenvalue weighted by Crippen LogP contribution is -2.17. The van der Waals surface area contributed by atoms with Crippen LogP contribution in [0.2, 0.25) is 0 Å². The molecule has 1 aromatic rings. The van der Waals surface area contributed by atoms with Crippen LogP contribution in [0.25, 0.3) is 0 Å². The molecule has 3 heteroatoms. The van der Waals surface area contributed by atoms with Gasteiger partial charge in [0, 0.05) is 6.04 Å². The summed E-state index contributed by atoms with van der Waals surface area (Å²) in [6.45, 7) is 2.87. The van der Waals surface area contributed by atoms with E-state index in [4.69, 9.17) is 10.5 Å². The van der Waals surface area contributed by atoms with Crippen LogP contribution in [0.4, 0.5) is 0 Å². The maximum atomic E-state index is 6.38. The van der Waals surface area contributed by atoms with Gasteiger partial charge in [0.15, 0.2) is 0 Å². The van der Waals surface area contributed by atoms with Crippen molar-refractivity contribution in [2.45, 2.75) is 57.9 Å². The number of halogens is 1. The Labute approximate surface area is 131 Å². The SMILES string of the molecule is CCCOc1ccc(C(N)CC2CCCCC2)cc1Br. The van der Waals surface area contributed by atoms with Gasteiger partial charge in [0.1, 0.15) is 5.75 Å². The first kappa shape index (κ1) is 15.8. The largest absolute Gasteiger partial charge is 0.492 e. The van der Waals surface area contributed by atoms with E-state index in [-0.39, 0.29) is 6.04 Å². The van der Waals surface area contributed by atoms with Gasteiger partial charge in [0.05, 0.1) is 11.1 Å². The summed E-state index contributed by atoms with van der Waals surface area (Å²) in [4.78, 5) is 0. The first-order valence-corrected chi connectivity index (χ1v) is 8.67. The molecule has 1 aliphatic rings. The number of hydrogen-bond donors (Lipinski definition) is 1. The van der Waals surface area contributed by atoms with E-state index in [1.807, 2.05) is 6.07 Å². The third-order valence-electron chi connectivity index (χ3n) is 4.16. The topological polar surface area (TPSA) is 35.2 Å². The molecule has 1 saturated carbocycles. The van der Waals surface area contributed by atoms with E-state index in [0.29, 0.717) is 0 Å². The maximum Gasteiger partial charge on any atom is 0.133 e. The van der Waals surface area contributed by atoms with Crippen molar-refractivity contribution in [2.24, 2.45) is 11.7 Å². The van der Waals surface area contributed by atoms with Crippen LogP contribution in [0.3, 0.4) is 0 Å². The van der Waals surface area contributed by atoms with Crippen LogP contribution < -0.4 is 10.5 Å². The summed E-state index contributed by atoms with van der Waals surface area (Å²) in [6, 6.07) is 6.42. The van der Waals surface area contributed by atoms with E-state index in [1.54, 1.807) is 0 Å². The summed E-state index contributed by atoms with van der Waals surface area (Å²) in [6.07, 6.45) is 9.01. The minimum absolute atomic E-state index is 0.148. The summed E-state index contributed by atoms with van der Waals surface area (Å²) in [5, 5.41) is 0. The third kappa shape index (κ3) is 4.49. The quantitative estimate of drug-likeness (QED) is 0.772. The van der Waals surface area contributed by atoms with Gasteiger partial charge in [0.25, 0.3) is 0 Å². The van der Waals surface area contributed by atoms with Gasteiger partial charge in [-0.25, -0.2) is 0 Å². The highest BCUT2D eigenvalue weighted by molar-refractivity contribution is 9.10.